The summed E-state index contributed by atoms with van der Waals surface area (Å²) in [4.78, 5) is 11.6. The van der Waals surface area contributed by atoms with E-state index in [2.05, 4.69) is 4.74 Å². The van der Waals surface area contributed by atoms with E-state index >= 15 is 0 Å². The first-order valence-electron chi connectivity index (χ1n) is 7.42. The number of carboxylic acids is 1. The lowest BCUT2D eigenvalue weighted by molar-refractivity contribution is -0.145. The molecular formula is C17H18Cl2F2O3. The van der Waals surface area contributed by atoms with E-state index in [0.717, 1.165) is 6.08 Å². The van der Waals surface area contributed by atoms with Gasteiger partial charge in [-0.05, 0) is 36.1 Å². The normalized spacial score (nSPS) is 26.1. The van der Waals surface area contributed by atoms with Gasteiger partial charge in [-0.1, -0.05) is 50.0 Å². The average Bonchev–Trinajstić information content (AvgIpc) is 2.97. The summed E-state index contributed by atoms with van der Waals surface area (Å²) in [6.07, 6.45) is -2.33. The third-order valence-electron chi connectivity index (χ3n) is 4.96. The minimum absolute atomic E-state index is 0.0917. The van der Waals surface area contributed by atoms with Crippen LogP contribution in [0.3, 0.4) is 0 Å². The zero-order chi connectivity index (χ0) is 18.3. The summed E-state index contributed by atoms with van der Waals surface area (Å²) in [5.41, 5.74) is -1.76. The van der Waals surface area contributed by atoms with Gasteiger partial charge in [-0.2, -0.15) is 8.78 Å². The molecule has 0 aromatic heterocycles. The summed E-state index contributed by atoms with van der Waals surface area (Å²) in [7, 11) is 0. The van der Waals surface area contributed by atoms with Gasteiger partial charge < -0.3 is 9.84 Å². The van der Waals surface area contributed by atoms with Crippen LogP contribution in [-0.4, -0.2) is 17.2 Å². The Hall–Kier alpha value is -1.33. The summed E-state index contributed by atoms with van der Waals surface area (Å²) < 4.78 is 33.0. The van der Waals surface area contributed by atoms with Crippen molar-refractivity contribution in [3.63, 3.8) is 0 Å². The van der Waals surface area contributed by atoms with E-state index in [0.29, 0.717) is 11.4 Å². The van der Waals surface area contributed by atoms with E-state index in [9.17, 15) is 18.7 Å². The molecule has 2 atom stereocenters. The lowest BCUT2D eigenvalue weighted by Crippen LogP contribution is -2.25. The molecule has 1 aromatic carbocycles. The molecule has 24 heavy (non-hydrogen) atoms. The first-order chi connectivity index (χ1) is 11.0. The van der Waals surface area contributed by atoms with Crippen LogP contribution in [0, 0.1) is 16.7 Å². The van der Waals surface area contributed by atoms with E-state index in [1.807, 2.05) is 0 Å². The SMILES string of the molecule is CCC1(C(=O)O)C(C=C(Cl)C(F)(F)Oc2ccc(Cl)cc2)C1(C)C. The molecule has 1 aliphatic carbocycles. The van der Waals surface area contributed by atoms with Gasteiger partial charge in [0.25, 0.3) is 0 Å². The predicted octanol–water partition coefficient (Wildman–Crippen LogP) is 5.57. The van der Waals surface area contributed by atoms with Crippen molar-refractivity contribution in [3.8, 4) is 5.75 Å². The molecule has 0 radical (unpaired) electrons. The molecule has 0 saturated heterocycles. The number of alkyl halides is 2. The third kappa shape index (κ3) is 3.00. The fraction of sp³-hybridized carbons (Fsp3) is 0.471. The van der Waals surface area contributed by atoms with Crippen molar-refractivity contribution < 1.29 is 23.4 Å². The highest BCUT2D eigenvalue weighted by Gasteiger charge is 2.74. The van der Waals surface area contributed by atoms with Crippen LogP contribution in [0.1, 0.15) is 27.2 Å². The summed E-state index contributed by atoms with van der Waals surface area (Å²) in [5.74, 6) is -1.70. The summed E-state index contributed by atoms with van der Waals surface area (Å²) >= 11 is 11.5. The molecule has 0 heterocycles. The average molecular weight is 379 g/mol. The van der Waals surface area contributed by atoms with Gasteiger partial charge in [0.15, 0.2) is 0 Å². The van der Waals surface area contributed by atoms with Gasteiger partial charge in [-0.25, -0.2) is 0 Å². The van der Waals surface area contributed by atoms with Crippen LogP contribution in [0.5, 0.6) is 5.75 Å². The lowest BCUT2D eigenvalue weighted by Gasteiger charge is -2.17. The van der Waals surface area contributed by atoms with Gasteiger partial charge in [-0.15, -0.1) is 0 Å². The van der Waals surface area contributed by atoms with E-state index < -0.39 is 33.9 Å². The number of halogens is 4. The topological polar surface area (TPSA) is 46.5 Å². The number of aliphatic carboxylic acids is 1. The Kier molecular flexibility index (Phi) is 4.90. The Balaban J connectivity index is 2.23. The molecule has 132 valence electrons. The Bertz CT molecular complexity index is 671. The molecule has 1 saturated carbocycles. The second-order valence-corrected chi connectivity index (χ2v) is 7.26. The fourth-order valence-corrected chi connectivity index (χ4v) is 3.71. The van der Waals surface area contributed by atoms with Gasteiger partial charge in [0, 0.05) is 10.9 Å². The number of rotatable bonds is 6. The summed E-state index contributed by atoms with van der Waals surface area (Å²) in [6, 6.07) is 5.44. The molecule has 1 aliphatic rings. The largest absolute Gasteiger partial charge is 0.481 e. The second-order valence-electron chi connectivity index (χ2n) is 6.42. The van der Waals surface area contributed by atoms with Crippen molar-refractivity contribution in [1.29, 1.82) is 0 Å². The number of benzene rings is 1. The van der Waals surface area contributed by atoms with Crippen molar-refractivity contribution in [2.75, 3.05) is 0 Å². The number of hydrogen-bond donors (Lipinski definition) is 1. The molecule has 0 spiro atoms. The van der Waals surface area contributed by atoms with Crippen LogP contribution >= 0.6 is 23.2 Å². The number of carboxylic acid groups (broad SMARTS) is 1. The minimum Gasteiger partial charge on any atom is -0.481 e. The molecule has 7 heteroatoms. The van der Waals surface area contributed by atoms with Crippen molar-refractivity contribution in [1.82, 2.24) is 0 Å². The Morgan fingerprint density at radius 2 is 1.92 bits per heavy atom. The van der Waals surface area contributed by atoms with E-state index in [1.165, 1.54) is 24.3 Å². The van der Waals surface area contributed by atoms with Crippen molar-refractivity contribution in [3.05, 3.63) is 40.4 Å². The van der Waals surface area contributed by atoms with E-state index in [4.69, 9.17) is 23.2 Å². The third-order valence-corrected chi connectivity index (χ3v) is 5.56. The van der Waals surface area contributed by atoms with Crippen LogP contribution in [-0.2, 0) is 4.79 Å². The highest BCUT2D eigenvalue weighted by molar-refractivity contribution is 6.30. The molecule has 3 nitrogen and oxygen atoms in total. The molecule has 1 aromatic rings. The van der Waals surface area contributed by atoms with Crippen molar-refractivity contribution in [2.45, 2.75) is 33.3 Å². The Labute approximate surface area is 149 Å². The molecule has 1 N–H and O–H groups in total. The van der Waals surface area contributed by atoms with Gasteiger partial charge in [0.1, 0.15) is 10.8 Å². The summed E-state index contributed by atoms with van der Waals surface area (Å²) in [6.45, 7) is 5.18. The maximum Gasteiger partial charge on any atom is 0.437 e. The Morgan fingerprint density at radius 1 is 1.38 bits per heavy atom. The van der Waals surface area contributed by atoms with E-state index in [1.54, 1.807) is 20.8 Å². The van der Waals surface area contributed by atoms with Crippen molar-refractivity contribution in [2.24, 2.45) is 16.7 Å². The maximum atomic E-state index is 14.2. The number of carbonyl (C=O) groups is 1. The molecule has 2 unspecified atom stereocenters. The first kappa shape index (κ1) is 19.0. The van der Waals surface area contributed by atoms with Gasteiger partial charge in [0.2, 0.25) is 0 Å². The molecule has 1 fully saturated rings. The number of ether oxygens (including phenoxy) is 1. The van der Waals surface area contributed by atoms with Gasteiger partial charge in [-0.3, -0.25) is 4.79 Å². The quantitative estimate of drug-likeness (QED) is 0.703. The van der Waals surface area contributed by atoms with E-state index in [-0.39, 0.29) is 5.75 Å². The molecule has 0 aliphatic heterocycles. The zero-order valence-corrected chi connectivity index (χ0v) is 15.0. The van der Waals surface area contributed by atoms with Crippen LogP contribution in [0.2, 0.25) is 5.02 Å². The monoisotopic (exact) mass is 378 g/mol. The molecule has 0 bridgehead atoms. The summed E-state index contributed by atoms with van der Waals surface area (Å²) in [5, 5.41) is 9.05. The predicted molar refractivity (Wildman–Crippen MR) is 88.6 cm³/mol. The highest BCUT2D eigenvalue weighted by Crippen LogP contribution is 2.71. The fourth-order valence-electron chi connectivity index (χ4n) is 3.42. The van der Waals surface area contributed by atoms with Crippen LogP contribution < -0.4 is 4.74 Å². The van der Waals surface area contributed by atoms with Crippen LogP contribution in [0.25, 0.3) is 0 Å². The smallest absolute Gasteiger partial charge is 0.437 e. The molecular weight excluding hydrogens is 361 g/mol. The zero-order valence-electron chi connectivity index (χ0n) is 13.4. The van der Waals surface area contributed by atoms with Crippen molar-refractivity contribution >= 4 is 29.2 Å². The first-order valence-corrected chi connectivity index (χ1v) is 8.18. The maximum absolute atomic E-state index is 14.2. The lowest BCUT2D eigenvalue weighted by atomic mass is 9.93. The van der Waals surface area contributed by atoms with Gasteiger partial charge in [0.05, 0.1) is 5.41 Å². The minimum atomic E-state index is -3.76. The molecule has 2 rings (SSSR count). The molecule has 0 amide bonds. The number of hydrogen-bond acceptors (Lipinski definition) is 2. The second kappa shape index (κ2) is 6.19. The number of allylic oxidation sites excluding steroid dienone is 1. The Morgan fingerprint density at radius 3 is 2.33 bits per heavy atom. The standard InChI is InChI=1S/C17H18Cl2F2O3/c1-4-16(14(22)23)12(15(16,2)3)9-13(19)17(20,21)24-11-7-5-10(18)6-8-11/h5-9,12H,4H2,1-3H3,(H,22,23). The van der Waals surface area contributed by atoms with Crippen LogP contribution in [0.15, 0.2) is 35.4 Å². The van der Waals surface area contributed by atoms with Crippen LogP contribution in [0.4, 0.5) is 8.78 Å². The van der Waals surface area contributed by atoms with Gasteiger partial charge >= 0.3 is 12.1 Å². The highest BCUT2D eigenvalue weighted by atomic mass is 35.5.